The van der Waals surface area contributed by atoms with Crippen LogP contribution >= 0.6 is 39.1 Å². The fourth-order valence-corrected chi connectivity index (χ4v) is 4.09. The standard InChI is InChI=1S/C19H13BrCl2N4/c1-10-2-5-16-13(6-10)17(19-23-9-24-26-19)14(8-20)18(25-16)12-4-3-11(21)7-15(12)22/h2-7,9H,8H2,1H3,(H,23,24,26). The fraction of sp³-hybridized carbons (Fsp3) is 0.105. The fourth-order valence-electron chi connectivity index (χ4n) is 3.05. The molecule has 4 aromatic rings. The monoisotopic (exact) mass is 446 g/mol. The summed E-state index contributed by atoms with van der Waals surface area (Å²) < 4.78 is 0. The summed E-state index contributed by atoms with van der Waals surface area (Å²) in [6.45, 7) is 2.06. The molecule has 26 heavy (non-hydrogen) atoms. The first kappa shape index (κ1) is 17.5. The van der Waals surface area contributed by atoms with Gasteiger partial charge < -0.3 is 0 Å². The molecule has 0 amide bonds. The van der Waals surface area contributed by atoms with Crippen LogP contribution in [0.5, 0.6) is 0 Å². The van der Waals surface area contributed by atoms with E-state index in [-0.39, 0.29) is 0 Å². The molecule has 7 heteroatoms. The third kappa shape index (κ3) is 3.00. The van der Waals surface area contributed by atoms with Crippen LogP contribution in [0.15, 0.2) is 42.7 Å². The van der Waals surface area contributed by atoms with Crippen LogP contribution in [0.25, 0.3) is 33.5 Å². The van der Waals surface area contributed by atoms with E-state index in [0.717, 1.165) is 38.9 Å². The molecular formula is C19H13BrCl2N4. The second-order valence-electron chi connectivity index (χ2n) is 5.93. The van der Waals surface area contributed by atoms with Gasteiger partial charge in [0.15, 0.2) is 5.82 Å². The molecule has 0 unspecified atom stereocenters. The molecule has 0 bridgehead atoms. The Balaban J connectivity index is 2.13. The summed E-state index contributed by atoms with van der Waals surface area (Å²) in [5.74, 6) is 0.698. The van der Waals surface area contributed by atoms with E-state index in [0.29, 0.717) is 21.2 Å². The third-order valence-electron chi connectivity index (χ3n) is 4.21. The third-order valence-corrected chi connectivity index (χ3v) is 5.32. The highest BCUT2D eigenvalue weighted by Gasteiger charge is 2.20. The van der Waals surface area contributed by atoms with E-state index in [9.17, 15) is 0 Å². The minimum atomic E-state index is 0.558. The lowest BCUT2D eigenvalue weighted by Gasteiger charge is -2.16. The number of benzene rings is 2. The van der Waals surface area contributed by atoms with Crippen molar-refractivity contribution in [3.8, 4) is 22.6 Å². The van der Waals surface area contributed by atoms with E-state index in [1.54, 1.807) is 6.07 Å². The molecule has 0 saturated heterocycles. The van der Waals surface area contributed by atoms with Crippen LogP contribution < -0.4 is 0 Å². The molecule has 130 valence electrons. The first-order valence-electron chi connectivity index (χ1n) is 7.89. The molecule has 0 aliphatic heterocycles. The van der Waals surface area contributed by atoms with Gasteiger partial charge in [0, 0.05) is 32.4 Å². The Kier molecular flexibility index (Phi) is 4.69. The summed E-state index contributed by atoms with van der Waals surface area (Å²) >= 11 is 16.2. The average Bonchev–Trinajstić information content (AvgIpc) is 3.14. The lowest BCUT2D eigenvalue weighted by molar-refractivity contribution is 1.09. The number of alkyl halides is 1. The van der Waals surface area contributed by atoms with E-state index in [4.69, 9.17) is 28.2 Å². The topological polar surface area (TPSA) is 54.5 Å². The lowest BCUT2D eigenvalue weighted by Crippen LogP contribution is -1.99. The Labute approximate surface area is 168 Å². The van der Waals surface area contributed by atoms with Crippen LogP contribution in [0, 0.1) is 6.92 Å². The number of nitrogens with one attached hydrogen (secondary N) is 1. The normalized spacial score (nSPS) is 11.2. The molecule has 0 atom stereocenters. The number of aromatic nitrogens is 4. The number of nitrogens with zero attached hydrogens (tertiary/aromatic N) is 3. The number of H-pyrrole nitrogens is 1. The zero-order chi connectivity index (χ0) is 18.3. The number of aromatic amines is 1. The Morgan fingerprint density at radius 3 is 2.65 bits per heavy atom. The molecule has 0 saturated carbocycles. The SMILES string of the molecule is Cc1ccc2nc(-c3ccc(Cl)cc3Cl)c(CBr)c(-c3ncn[nH]3)c2c1. The van der Waals surface area contributed by atoms with Gasteiger partial charge in [0.1, 0.15) is 6.33 Å². The molecule has 2 aromatic heterocycles. The summed E-state index contributed by atoms with van der Waals surface area (Å²) in [4.78, 5) is 9.28. The maximum absolute atomic E-state index is 6.47. The number of pyridine rings is 1. The number of hydrogen-bond acceptors (Lipinski definition) is 3. The largest absolute Gasteiger partial charge is 0.259 e. The highest BCUT2D eigenvalue weighted by molar-refractivity contribution is 9.08. The van der Waals surface area contributed by atoms with E-state index >= 15 is 0 Å². The second-order valence-corrected chi connectivity index (χ2v) is 7.33. The number of rotatable bonds is 3. The lowest BCUT2D eigenvalue weighted by atomic mass is 9.96. The quantitative estimate of drug-likeness (QED) is 0.380. The van der Waals surface area contributed by atoms with Crippen LogP contribution in [0.2, 0.25) is 10.0 Å². The predicted molar refractivity (Wildman–Crippen MR) is 110 cm³/mol. The van der Waals surface area contributed by atoms with Crippen molar-refractivity contribution < 1.29 is 0 Å². The average molecular weight is 448 g/mol. The Hall–Kier alpha value is -1.95. The van der Waals surface area contributed by atoms with Crippen molar-refractivity contribution >= 4 is 50.0 Å². The van der Waals surface area contributed by atoms with E-state index in [1.165, 1.54) is 6.33 Å². The first-order valence-corrected chi connectivity index (χ1v) is 9.76. The van der Waals surface area contributed by atoms with Gasteiger partial charge in [0.05, 0.1) is 16.2 Å². The zero-order valence-electron chi connectivity index (χ0n) is 13.7. The number of fused-ring (bicyclic) bond motifs is 1. The van der Waals surface area contributed by atoms with Gasteiger partial charge in [-0.2, -0.15) is 5.10 Å². The first-order chi connectivity index (χ1) is 12.6. The Morgan fingerprint density at radius 2 is 1.96 bits per heavy atom. The molecule has 2 aromatic carbocycles. The minimum Gasteiger partial charge on any atom is -0.259 e. The van der Waals surface area contributed by atoms with Crippen LogP contribution in [0.3, 0.4) is 0 Å². The predicted octanol–water partition coefficient (Wildman–Crippen LogP) is 6.20. The number of aryl methyl sites for hydroxylation is 1. The molecule has 0 fully saturated rings. The summed E-state index contributed by atoms with van der Waals surface area (Å²) in [6.07, 6.45) is 1.50. The molecule has 4 rings (SSSR count). The summed E-state index contributed by atoms with van der Waals surface area (Å²) in [7, 11) is 0. The second kappa shape index (κ2) is 6.99. The van der Waals surface area contributed by atoms with Crippen molar-refractivity contribution in [2.45, 2.75) is 12.3 Å². The molecule has 0 aliphatic carbocycles. The zero-order valence-corrected chi connectivity index (χ0v) is 16.8. The molecule has 0 spiro atoms. The van der Waals surface area contributed by atoms with E-state index in [2.05, 4.69) is 44.1 Å². The van der Waals surface area contributed by atoms with Crippen molar-refractivity contribution in [2.75, 3.05) is 0 Å². The molecule has 2 heterocycles. The molecule has 1 N–H and O–H groups in total. The molecule has 0 aliphatic rings. The van der Waals surface area contributed by atoms with Crippen molar-refractivity contribution in [2.24, 2.45) is 0 Å². The number of halogens is 3. The van der Waals surface area contributed by atoms with Crippen LogP contribution in [-0.4, -0.2) is 20.2 Å². The molecule has 4 nitrogen and oxygen atoms in total. The highest BCUT2D eigenvalue weighted by atomic mass is 79.9. The van der Waals surface area contributed by atoms with E-state index < -0.39 is 0 Å². The number of hydrogen-bond donors (Lipinski definition) is 1. The van der Waals surface area contributed by atoms with Gasteiger partial charge in [-0.3, -0.25) is 5.10 Å². The Bertz CT molecular complexity index is 1110. The minimum absolute atomic E-state index is 0.558. The van der Waals surface area contributed by atoms with Gasteiger partial charge in [-0.15, -0.1) is 0 Å². The smallest absolute Gasteiger partial charge is 0.156 e. The van der Waals surface area contributed by atoms with Gasteiger partial charge in [0.25, 0.3) is 0 Å². The highest BCUT2D eigenvalue weighted by Crippen LogP contribution is 2.39. The van der Waals surface area contributed by atoms with Crippen molar-refractivity contribution in [3.63, 3.8) is 0 Å². The maximum atomic E-state index is 6.47. The van der Waals surface area contributed by atoms with Crippen LogP contribution in [0.4, 0.5) is 0 Å². The molecular weight excluding hydrogens is 435 g/mol. The van der Waals surface area contributed by atoms with Crippen molar-refractivity contribution in [1.29, 1.82) is 0 Å². The molecule has 0 radical (unpaired) electrons. The van der Waals surface area contributed by atoms with Gasteiger partial charge in [-0.05, 0) is 37.3 Å². The van der Waals surface area contributed by atoms with Gasteiger partial charge in [-0.25, -0.2) is 9.97 Å². The maximum Gasteiger partial charge on any atom is 0.156 e. The Morgan fingerprint density at radius 1 is 1.12 bits per heavy atom. The summed E-state index contributed by atoms with van der Waals surface area (Å²) in [5.41, 5.74) is 5.60. The van der Waals surface area contributed by atoms with Gasteiger partial charge in [-0.1, -0.05) is 50.8 Å². The van der Waals surface area contributed by atoms with Gasteiger partial charge >= 0.3 is 0 Å². The van der Waals surface area contributed by atoms with Gasteiger partial charge in [0.2, 0.25) is 0 Å². The van der Waals surface area contributed by atoms with E-state index in [1.807, 2.05) is 24.3 Å². The van der Waals surface area contributed by atoms with Crippen LogP contribution in [-0.2, 0) is 5.33 Å². The summed E-state index contributed by atoms with van der Waals surface area (Å²) in [6, 6.07) is 11.6. The van der Waals surface area contributed by atoms with Crippen LogP contribution in [0.1, 0.15) is 11.1 Å². The van der Waals surface area contributed by atoms with Crippen molar-refractivity contribution in [1.82, 2.24) is 20.2 Å². The summed E-state index contributed by atoms with van der Waals surface area (Å²) in [5, 5.41) is 9.75. The van der Waals surface area contributed by atoms with Crippen molar-refractivity contribution in [3.05, 3.63) is 63.9 Å².